The monoisotopic (exact) mass is 348 g/mol. The molecule has 0 bridgehead atoms. The van der Waals surface area contributed by atoms with Gasteiger partial charge in [-0.1, -0.05) is 17.7 Å². The Kier molecular flexibility index (Phi) is 5.89. The second-order valence-corrected chi connectivity index (χ2v) is 6.65. The lowest BCUT2D eigenvalue weighted by Gasteiger charge is -2.21. The van der Waals surface area contributed by atoms with Crippen LogP contribution in [-0.2, 0) is 0 Å². The lowest BCUT2D eigenvalue weighted by Crippen LogP contribution is -2.45. The summed E-state index contributed by atoms with van der Waals surface area (Å²) in [6.45, 7) is 2.03. The molecule has 0 aromatic heterocycles. The Hall–Kier alpha value is -2.11. The van der Waals surface area contributed by atoms with Gasteiger partial charge in [0, 0.05) is 32.7 Å². The molecule has 0 radical (unpaired) electrons. The third kappa shape index (κ3) is 4.50. The predicted octanol–water partition coefficient (Wildman–Crippen LogP) is 3.21. The van der Waals surface area contributed by atoms with Crippen LogP contribution >= 0.6 is 0 Å². The van der Waals surface area contributed by atoms with E-state index in [0.29, 0.717) is 13.1 Å². The summed E-state index contributed by atoms with van der Waals surface area (Å²) in [5.41, 5.74) is 1.59. The molecule has 0 amide bonds. The first-order chi connectivity index (χ1) is 12.2. The summed E-state index contributed by atoms with van der Waals surface area (Å²) in [5, 5.41) is 6.69. The number of allylic oxidation sites excluding steroid dienone is 1. The Morgan fingerprint density at radius 1 is 1.32 bits per heavy atom. The van der Waals surface area contributed by atoms with Crippen molar-refractivity contribution in [2.45, 2.75) is 38.1 Å². The second-order valence-electron chi connectivity index (χ2n) is 6.65. The summed E-state index contributed by atoms with van der Waals surface area (Å²) < 4.78 is 27.9. The molecule has 6 heteroatoms. The van der Waals surface area contributed by atoms with Crippen molar-refractivity contribution in [2.24, 2.45) is 4.99 Å². The van der Waals surface area contributed by atoms with E-state index in [0.717, 1.165) is 25.3 Å². The van der Waals surface area contributed by atoms with Gasteiger partial charge in [0.25, 0.3) is 0 Å². The summed E-state index contributed by atoms with van der Waals surface area (Å²) in [4.78, 5) is 6.02. The van der Waals surface area contributed by atoms with Crippen LogP contribution in [0.5, 0.6) is 0 Å². The van der Waals surface area contributed by atoms with Crippen LogP contribution in [0.3, 0.4) is 0 Å². The lowest BCUT2D eigenvalue weighted by atomic mass is 10.2. The van der Waals surface area contributed by atoms with E-state index >= 15 is 0 Å². The Morgan fingerprint density at radius 2 is 2.12 bits per heavy atom. The van der Waals surface area contributed by atoms with Gasteiger partial charge in [-0.3, -0.25) is 4.99 Å². The van der Waals surface area contributed by atoms with E-state index in [1.807, 2.05) is 0 Å². The molecule has 1 aliphatic carbocycles. The Bertz CT molecular complexity index is 637. The van der Waals surface area contributed by atoms with Crippen molar-refractivity contribution in [1.82, 2.24) is 10.6 Å². The van der Waals surface area contributed by atoms with Crippen LogP contribution in [0.1, 0.15) is 32.1 Å². The Morgan fingerprint density at radius 3 is 2.80 bits per heavy atom. The standard InChI is InChI=1S/C19H26F2N4/c1-22-19(23-11-9-14-5-2-3-6-14)24-15-10-12-25(13-15)18-16(20)7-4-8-17(18)21/h4-5,7-8,15H,2-3,6,9-13H2,1H3,(H2,22,23,24). The first kappa shape index (κ1) is 17.7. The number of aliphatic imine (C=N–C) groups is 1. The molecule has 2 aliphatic rings. The lowest BCUT2D eigenvalue weighted by molar-refractivity contribution is 0.576. The summed E-state index contributed by atoms with van der Waals surface area (Å²) in [7, 11) is 1.74. The minimum absolute atomic E-state index is 0.0721. The number of hydrogen-bond acceptors (Lipinski definition) is 2. The quantitative estimate of drug-likeness (QED) is 0.488. The van der Waals surface area contributed by atoms with Gasteiger partial charge in [-0.2, -0.15) is 0 Å². The van der Waals surface area contributed by atoms with Gasteiger partial charge in [0.15, 0.2) is 5.96 Å². The number of guanidine groups is 1. The predicted molar refractivity (Wildman–Crippen MR) is 98.0 cm³/mol. The van der Waals surface area contributed by atoms with E-state index in [1.54, 1.807) is 11.9 Å². The number of rotatable bonds is 5. The zero-order valence-electron chi connectivity index (χ0n) is 14.7. The van der Waals surface area contributed by atoms with Crippen molar-refractivity contribution < 1.29 is 8.78 Å². The number of benzene rings is 1. The zero-order valence-corrected chi connectivity index (χ0v) is 14.7. The number of nitrogens with zero attached hydrogens (tertiary/aromatic N) is 2. The topological polar surface area (TPSA) is 39.7 Å². The van der Waals surface area contributed by atoms with Gasteiger partial charge in [0.2, 0.25) is 0 Å². The third-order valence-electron chi connectivity index (χ3n) is 4.88. The molecule has 0 saturated carbocycles. The van der Waals surface area contributed by atoms with Crippen LogP contribution in [-0.4, -0.2) is 38.7 Å². The van der Waals surface area contributed by atoms with E-state index in [-0.39, 0.29) is 11.7 Å². The minimum atomic E-state index is -0.506. The largest absolute Gasteiger partial charge is 0.365 e. The molecule has 1 aromatic rings. The van der Waals surface area contributed by atoms with Gasteiger partial charge in [0.1, 0.15) is 17.3 Å². The van der Waals surface area contributed by atoms with E-state index in [2.05, 4.69) is 21.7 Å². The summed E-state index contributed by atoms with van der Waals surface area (Å²) in [6.07, 6.45) is 7.87. The van der Waals surface area contributed by atoms with Crippen molar-refractivity contribution in [3.8, 4) is 0 Å². The second kappa shape index (κ2) is 8.32. The van der Waals surface area contributed by atoms with Gasteiger partial charge in [-0.15, -0.1) is 0 Å². The highest BCUT2D eigenvalue weighted by Crippen LogP contribution is 2.26. The average Bonchev–Trinajstić information content (AvgIpc) is 3.26. The van der Waals surface area contributed by atoms with Crippen LogP contribution in [0.15, 0.2) is 34.8 Å². The molecular weight excluding hydrogens is 322 g/mol. The highest BCUT2D eigenvalue weighted by molar-refractivity contribution is 5.80. The van der Waals surface area contributed by atoms with Crippen molar-refractivity contribution in [3.63, 3.8) is 0 Å². The molecule has 25 heavy (non-hydrogen) atoms. The number of hydrogen-bond donors (Lipinski definition) is 2. The van der Waals surface area contributed by atoms with E-state index in [9.17, 15) is 8.78 Å². The number of anilines is 1. The maximum absolute atomic E-state index is 13.9. The molecule has 3 rings (SSSR count). The van der Waals surface area contributed by atoms with Crippen molar-refractivity contribution in [3.05, 3.63) is 41.5 Å². The molecule has 1 aliphatic heterocycles. The fraction of sp³-hybridized carbons (Fsp3) is 0.526. The van der Waals surface area contributed by atoms with Crippen LogP contribution in [0.4, 0.5) is 14.5 Å². The van der Waals surface area contributed by atoms with Crippen LogP contribution in [0.2, 0.25) is 0 Å². The fourth-order valence-electron chi connectivity index (χ4n) is 3.57. The van der Waals surface area contributed by atoms with Crippen LogP contribution in [0, 0.1) is 11.6 Å². The molecule has 1 aromatic carbocycles. The molecule has 1 unspecified atom stereocenters. The summed E-state index contributed by atoms with van der Waals surface area (Å²) >= 11 is 0. The highest BCUT2D eigenvalue weighted by Gasteiger charge is 2.27. The van der Waals surface area contributed by atoms with Crippen molar-refractivity contribution in [1.29, 1.82) is 0 Å². The first-order valence-corrected chi connectivity index (χ1v) is 9.01. The maximum Gasteiger partial charge on any atom is 0.191 e. The van der Waals surface area contributed by atoms with Crippen molar-refractivity contribution in [2.75, 3.05) is 31.6 Å². The normalized spacial score (nSPS) is 20.8. The minimum Gasteiger partial charge on any atom is -0.365 e. The molecular formula is C19H26F2N4. The number of nitrogens with one attached hydrogen (secondary N) is 2. The zero-order chi connectivity index (χ0) is 17.6. The van der Waals surface area contributed by atoms with Gasteiger partial charge in [-0.05, 0) is 44.2 Å². The summed E-state index contributed by atoms with van der Waals surface area (Å²) in [5.74, 6) is -0.263. The maximum atomic E-state index is 13.9. The summed E-state index contributed by atoms with van der Waals surface area (Å²) in [6, 6.07) is 4.12. The molecule has 0 spiro atoms. The van der Waals surface area contributed by atoms with Gasteiger partial charge < -0.3 is 15.5 Å². The van der Waals surface area contributed by atoms with E-state index < -0.39 is 11.6 Å². The van der Waals surface area contributed by atoms with Gasteiger partial charge in [-0.25, -0.2) is 8.78 Å². The molecule has 2 N–H and O–H groups in total. The number of halogens is 2. The Balaban J connectivity index is 1.49. The molecule has 1 atom stereocenters. The average molecular weight is 348 g/mol. The molecule has 1 saturated heterocycles. The third-order valence-corrected chi connectivity index (χ3v) is 4.88. The van der Waals surface area contributed by atoms with Crippen LogP contribution in [0.25, 0.3) is 0 Å². The molecule has 136 valence electrons. The van der Waals surface area contributed by atoms with E-state index in [4.69, 9.17) is 0 Å². The highest BCUT2D eigenvalue weighted by atomic mass is 19.1. The van der Waals surface area contributed by atoms with Crippen molar-refractivity contribution >= 4 is 11.6 Å². The van der Waals surface area contributed by atoms with E-state index in [1.165, 1.54) is 43.0 Å². The SMILES string of the molecule is CN=C(NCCC1=CCCC1)NC1CCN(c2c(F)cccc2F)C1. The van der Waals surface area contributed by atoms with Crippen LogP contribution < -0.4 is 15.5 Å². The van der Waals surface area contributed by atoms with Gasteiger partial charge in [0.05, 0.1) is 0 Å². The Labute approximate surface area is 148 Å². The van der Waals surface area contributed by atoms with Gasteiger partial charge >= 0.3 is 0 Å². The smallest absolute Gasteiger partial charge is 0.191 e. The molecule has 1 fully saturated rings. The molecule has 4 nitrogen and oxygen atoms in total. The first-order valence-electron chi connectivity index (χ1n) is 9.01. The fourth-order valence-corrected chi connectivity index (χ4v) is 3.57. The molecule has 1 heterocycles. The number of para-hydroxylation sites is 1.